The number of halogens is 1. The maximum absolute atomic E-state index is 14.1. The number of hydrogen-bond donors (Lipinski definition) is 2. The number of rotatable bonds is 5. The highest BCUT2D eigenvalue weighted by Gasteiger charge is 2.22. The van der Waals surface area contributed by atoms with Gasteiger partial charge in [0, 0.05) is 37.3 Å². The first kappa shape index (κ1) is 25.1. The van der Waals surface area contributed by atoms with Crippen molar-refractivity contribution < 1.29 is 18.7 Å². The zero-order valence-corrected chi connectivity index (χ0v) is 21.7. The number of nitrogens with zero attached hydrogens (tertiary/aromatic N) is 3. The summed E-state index contributed by atoms with van der Waals surface area (Å²) in [6.45, 7) is 6.41. The Morgan fingerprint density at radius 3 is 2.77 bits per heavy atom. The Morgan fingerprint density at radius 1 is 1.13 bits per heavy atom. The van der Waals surface area contributed by atoms with Gasteiger partial charge in [0.2, 0.25) is 5.95 Å². The minimum atomic E-state index is -0.661. The van der Waals surface area contributed by atoms with E-state index in [0.29, 0.717) is 31.5 Å². The van der Waals surface area contributed by atoms with E-state index in [4.69, 9.17) is 20.2 Å². The molecule has 1 unspecified atom stereocenters. The van der Waals surface area contributed by atoms with Gasteiger partial charge in [0.05, 0.1) is 24.2 Å². The molecule has 2 aliphatic rings. The third-order valence-corrected chi connectivity index (χ3v) is 7.25. The molecule has 8 nitrogen and oxygen atoms in total. The third-order valence-electron chi connectivity index (χ3n) is 7.25. The second-order valence-electron chi connectivity index (χ2n) is 9.95. The summed E-state index contributed by atoms with van der Waals surface area (Å²) in [5.41, 5.74) is 11.9. The van der Waals surface area contributed by atoms with Crippen molar-refractivity contribution in [3.8, 4) is 5.75 Å². The molecular formula is C30H30FN5O3. The molecule has 200 valence electrons. The average molecular weight is 528 g/mol. The minimum Gasteiger partial charge on any atom is -0.488 e. The average Bonchev–Trinajstić information content (AvgIpc) is 3.20. The molecule has 39 heavy (non-hydrogen) atoms. The Kier molecular flexibility index (Phi) is 6.76. The molecule has 2 aliphatic heterocycles. The van der Waals surface area contributed by atoms with Crippen molar-refractivity contribution in [2.24, 2.45) is 5.73 Å². The number of nitrogens with two attached hydrogens (primary N) is 1. The Bertz CT molecular complexity index is 1570. The van der Waals surface area contributed by atoms with Gasteiger partial charge in [-0.2, -0.15) is 0 Å². The summed E-state index contributed by atoms with van der Waals surface area (Å²) in [7, 11) is 0. The Hall–Kier alpha value is -4.21. The molecule has 6 rings (SSSR count). The van der Waals surface area contributed by atoms with Crippen molar-refractivity contribution in [3.63, 3.8) is 0 Å². The van der Waals surface area contributed by atoms with E-state index >= 15 is 0 Å². The van der Waals surface area contributed by atoms with E-state index in [9.17, 15) is 9.18 Å². The largest absolute Gasteiger partial charge is 0.488 e. The number of benzene rings is 3. The monoisotopic (exact) mass is 527 g/mol. The van der Waals surface area contributed by atoms with E-state index in [-0.39, 0.29) is 11.9 Å². The fourth-order valence-electron chi connectivity index (χ4n) is 5.46. The van der Waals surface area contributed by atoms with Gasteiger partial charge in [-0.25, -0.2) is 14.2 Å². The lowest BCUT2D eigenvalue weighted by Crippen LogP contribution is -2.39. The molecule has 2 amide bonds. The van der Waals surface area contributed by atoms with Crippen molar-refractivity contribution in [2.75, 3.05) is 38.2 Å². The highest BCUT2D eigenvalue weighted by Crippen LogP contribution is 2.38. The van der Waals surface area contributed by atoms with Crippen molar-refractivity contribution in [3.05, 3.63) is 88.7 Å². The zero-order chi connectivity index (χ0) is 26.9. The number of carbonyl (C=O) groups excluding carboxylic acids is 1. The molecule has 4 aromatic rings. The van der Waals surface area contributed by atoms with Crippen LogP contribution >= 0.6 is 0 Å². The predicted molar refractivity (Wildman–Crippen MR) is 149 cm³/mol. The first-order valence-electron chi connectivity index (χ1n) is 13.1. The van der Waals surface area contributed by atoms with Gasteiger partial charge in [-0.1, -0.05) is 30.3 Å². The van der Waals surface area contributed by atoms with Crippen LogP contribution in [0.4, 0.5) is 15.1 Å². The van der Waals surface area contributed by atoms with E-state index < -0.39 is 6.03 Å². The van der Waals surface area contributed by atoms with Gasteiger partial charge >= 0.3 is 6.03 Å². The van der Waals surface area contributed by atoms with Gasteiger partial charge < -0.3 is 19.8 Å². The van der Waals surface area contributed by atoms with Crippen LogP contribution in [0, 0.1) is 5.82 Å². The van der Waals surface area contributed by atoms with E-state index in [1.165, 1.54) is 12.1 Å². The number of morpholine rings is 1. The SMILES string of the molecule is CC(CN1CCOCC1)n1c(NC(N)=O)nc2cc(/C=C3\c4ccccc4COc4cc(F)ccc43)ccc21. The number of nitrogens with one attached hydrogen (secondary N) is 1. The Labute approximate surface area is 225 Å². The summed E-state index contributed by atoms with van der Waals surface area (Å²) in [6, 6.07) is 18.1. The maximum atomic E-state index is 14.1. The van der Waals surface area contributed by atoms with E-state index in [2.05, 4.69) is 29.3 Å². The van der Waals surface area contributed by atoms with Crippen LogP contribution in [-0.4, -0.2) is 53.3 Å². The summed E-state index contributed by atoms with van der Waals surface area (Å²) in [6.07, 6.45) is 2.07. The first-order valence-corrected chi connectivity index (χ1v) is 13.1. The quantitative estimate of drug-likeness (QED) is 0.379. The number of imidazole rings is 1. The summed E-state index contributed by atoms with van der Waals surface area (Å²) < 4.78 is 27.6. The summed E-state index contributed by atoms with van der Waals surface area (Å²) in [4.78, 5) is 18.9. The van der Waals surface area contributed by atoms with Crippen molar-refractivity contribution in [2.45, 2.75) is 19.6 Å². The number of carbonyl (C=O) groups is 1. The van der Waals surface area contributed by atoms with E-state index in [1.54, 1.807) is 6.07 Å². The van der Waals surface area contributed by atoms with Gasteiger partial charge in [0.1, 0.15) is 18.2 Å². The van der Waals surface area contributed by atoms with E-state index in [1.807, 2.05) is 41.0 Å². The summed E-state index contributed by atoms with van der Waals surface area (Å²) >= 11 is 0. The molecule has 0 bridgehead atoms. The van der Waals surface area contributed by atoms with Crippen LogP contribution in [0.25, 0.3) is 22.7 Å². The highest BCUT2D eigenvalue weighted by atomic mass is 19.1. The summed E-state index contributed by atoms with van der Waals surface area (Å²) in [5, 5.41) is 2.70. The van der Waals surface area contributed by atoms with Gasteiger partial charge in [0.15, 0.2) is 0 Å². The Morgan fingerprint density at radius 2 is 1.95 bits per heavy atom. The number of urea groups is 1. The van der Waals surface area contributed by atoms with Gasteiger partial charge in [-0.05, 0) is 59.5 Å². The normalized spacial score (nSPS) is 17.2. The van der Waals surface area contributed by atoms with Crippen molar-refractivity contribution in [1.29, 1.82) is 0 Å². The lowest BCUT2D eigenvalue weighted by Gasteiger charge is -2.30. The van der Waals surface area contributed by atoms with Crippen LogP contribution in [0.5, 0.6) is 5.75 Å². The number of amides is 2. The topological polar surface area (TPSA) is 94.6 Å². The van der Waals surface area contributed by atoms with Crippen molar-refractivity contribution in [1.82, 2.24) is 14.5 Å². The van der Waals surface area contributed by atoms with Gasteiger partial charge in [-0.3, -0.25) is 10.2 Å². The second kappa shape index (κ2) is 10.5. The molecule has 3 N–H and O–H groups in total. The maximum Gasteiger partial charge on any atom is 0.318 e. The number of aromatic nitrogens is 2. The molecule has 9 heteroatoms. The second-order valence-corrected chi connectivity index (χ2v) is 9.95. The molecule has 3 aromatic carbocycles. The van der Waals surface area contributed by atoms with Crippen LogP contribution in [0.2, 0.25) is 0 Å². The van der Waals surface area contributed by atoms with Gasteiger partial charge in [0.25, 0.3) is 0 Å². The molecule has 1 atom stereocenters. The molecule has 0 aliphatic carbocycles. The van der Waals surface area contributed by atoms with Crippen LogP contribution < -0.4 is 15.8 Å². The molecule has 0 saturated carbocycles. The van der Waals surface area contributed by atoms with Gasteiger partial charge in [-0.15, -0.1) is 0 Å². The zero-order valence-electron chi connectivity index (χ0n) is 21.7. The molecular weight excluding hydrogens is 497 g/mol. The third kappa shape index (κ3) is 5.10. The first-order chi connectivity index (χ1) is 19.0. The van der Waals surface area contributed by atoms with Crippen LogP contribution in [-0.2, 0) is 11.3 Å². The fourth-order valence-corrected chi connectivity index (χ4v) is 5.46. The molecule has 3 heterocycles. The minimum absolute atomic E-state index is 0.0341. The lowest BCUT2D eigenvalue weighted by molar-refractivity contribution is 0.0329. The number of ether oxygens (including phenoxy) is 2. The molecule has 1 saturated heterocycles. The summed E-state index contributed by atoms with van der Waals surface area (Å²) in [5.74, 6) is 0.580. The number of anilines is 1. The fraction of sp³-hybridized carbons (Fsp3) is 0.267. The predicted octanol–water partition coefficient (Wildman–Crippen LogP) is 5.04. The lowest BCUT2D eigenvalue weighted by atomic mass is 9.92. The number of primary amides is 1. The smallest absolute Gasteiger partial charge is 0.318 e. The van der Waals surface area contributed by atoms with Crippen LogP contribution in [0.3, 0.4) is 0 Å². The highest BCUT2D eigenvalue weighted by molar-refractivity contribution is 5.96. The van der Waals surface area contributed by atoms with Crippen LogP contribution in [0.15, 0.2) is 60.7 Å². The molecule has 1 fully saturated rings. The van der Waals surface area contributed by atoms with Crippen molar-refractivity contribution >= 4 is 34.7 Å². The number of fused-ring (bicyclic) bond motifs is 3. The molecule has 1 aromatic heterocycles. The standard InChI is InChI=1S/C30H30FN5O3/c1-19(17-35-10-12-38-13-11-35)36-27-9-6-20(15-26(27)33-30(36)34-29(32)37)14-25-23-5-3-2-4-21(23)18-39-28-16-22(31)7-8-24(25)28/h2-9,14-16,19H,10-13,17-18H2,1H3,(H3,32,33,34,37)/b25-14+. The molecule has 0 spiro atoms. The molecule has 0 radical (unpaired) electrons. The van der Waals surface area contributed by atoms with Crippen LogP contribution in [0.1, 0.15) is 35.2 Å². The number of hydrogen-bond acceptors (Lipinski definition) is 5. The van der Waals surface area contributed by atoms with E-state index in [0.717, 1.165) is 58.5 Å². The Balaban J connectivity index is 1.43.